The minimum absolute atomic E-state index is 0.0609. The number of hydrazine groups is 1. The molecule has 0 spiro atoms. The molecular formula is C16H32N2O2. The molecule has 0 aromatic carbocycles. The van der Waals surface area contributed by atoms with Gasteiger partial charge in [-0.25, -0.2) is 0 Å². The second-order valence-electron chi connectivity index (χ2n) is 6.61. The average Bonchev–Trinajstić information content (AvgIpc) is 2.96. The molecule has 1 aliphatic carbocycles. The van der Waals surface area contributed by atoms with E-state index in [0.717, 1.165) is 44.8 Å². The highest BCUT2D eigenvalue weighted by atomic mass is 16.5. The zero-order chi connectivity index (χ0) is 14.4. The third-order valence-corrected chi connectivity index (χ3v) is 5.19. The quantitative estimate of drug-likeness (QED) is 0.557. The number of hydrogen-bond acceptors (Lipinski definition) is 4. The van der Waals surface area contributed by atoms with Crippen LogP contribution in [0.4, 0.5) is 0 Å². The van der Waals surface area contributed by atoms with E-state index in [-0.39, 0.29) is 11.6 Å². The van der Waals surface area contributed by atoms with Gasteiger partial charge in [-0.3, -0.25) is 11.3 Å². The number of rotatable bonds is 7. The number of nitrogens with two attached hydrogens (primary N) is 1. The minimum Gasteiger partial charge on any atom is -0.378 e. The summed E-state index contributed by atoms with van der Waals surface area (Å²) in [6.07, 6.45) is 9.75. The summed E-state index contributed by atoms with van der Waals surface area (Å²) < 4.78 is 11.9. The van der Waals surface area contributed by atoms with Crippen LogP contribution in [0.15, 0.2) is 0 Å². The third-order valence-electron chi connectivity index (χ3n) is 5.19. The first kappa shape index (κ1) is 16.2. The molecule has 1 heterocycles. The molecule has 4 heteroatoms. The summed E-state index contributed by atoms with van der Waals surface area (Å²) in [5, 5.41) is 0. The Bertz CT molecular complexity index is 272. The summed E-state index contributed by atoms with van der Waals surface area (Å²) in [7, 11) is 0. The summed E-state index contributed by atoms with van der Waals surface area (Å²) >= 11 is 0. The fraction of sp³-hybridized carbons (Fsp3) is 1.00. The lowest BCUT2D eigenvalue weighted by atomic mass is 9.74. The van der Waals surface area contributed by atoms with Crippen LogP contribution in [0.2, 0.25) is 0 Å². The van der Waals surface area contributed by atoms with Gasteiger partial charge < -0.3 is 9.47 Å². The van der Waals surface area contributed by atoms with Crippen LogP contribution in [0, 0.1) is 5.92 Å². The van der Waals surface area contributed by atoms with E-state index >= 15 is 0 Å². The van der Waals surface area contributed by atoms with Crippen LogP contribution >= 0.6 is 0 Å². The van der Waals surface area contributed by atoms with Crippen molar-refractivity contribution < 1.29 is 9.47 Å². The van der Waals surface area contributed by atoms with Crippen molar-refractivity contribution in [3.8, 4) is 0 Å². The fourth-order valence-corrected chi connectivity index (χ4v) is 3.85. The molecule has 1 aliphatic heterocycles. The first-order valence-corrected chi connectivity index (χ1v) is 8.42. The first-order chi connectivity index (χ1) is 9.70. The lowest BCUT2D eigenvalue weighted by Gasteiger charge is -2.44. The van der Waals surface area contributed by atoms with Crippen LogP contribution < -0.4 is 11.3 Å². The van der Waals surface area contributed by atoms with Crippen molar-refractivity contribution >= 4 is 0 Å². The van der Waals surface area contributed by atoms with Gasteiger partial charge in [0.2, 0.25) is 0 Å². The zero-order valence-electron chi connectivity index (χ0n) is 13.2. The molecule has 2 aliphatic rings. The van der Waals surface area contributed by atoms with Gasteiger partial charge in [-0.2, -0.15) is 0 Å². The minimum atomic E-state index is -0.0609. The van der Waals surface area contributed by atoms with E-state index in [1.54, 1.807) is 0 Å². The summed E-state index contributed by atoms with van der Waals surface area (Å²) in [5.41, 5.74) is 2.99. The summed E-state index contributed by atoms with van der Waals surface area (Å²) in [6.45, 7) is 6.13. The molecule has 1 saturated carbocycles. The van der Waals surface area contributed by atoms with E-state index in [9.17, 15) is 0 Å². The Morgan fingerprint density at radius 3 is 2.65 bits per heavy atom. The van der Waals surface area contributed by atoms with Crippen LogP contribution in [0.25, 0.3) is 0 Å². The van der Waals surface area contributed by atoms with Crippen LogP contribution in [-0.2, 0) is 9.47 Å². The summed E-state index contributed by atoms with van der Waals surface area (Å²) in [5.74, 6) is 6.69. The van der Waals surface area contributed by atoms with Gasteiger partial charge in [0.1, 0.15) is 0 Å². The van der Waals surface area contributed by atoms with E-state index in [4.69, 9.17) is 15.3 Å². The zero-order valence-corrected chi connectivity index (χ0v) is 13.2. The smallest absolute Gasteiger partial charge is 0.0848 e. The predicted molar refractivity (Wildman–Crippen MR) is 81.3 cm³/mol. The van der Waals surface area contributed by atoms with Crippen molar-refractivity contribution in [3.63, 3.8) is 0 Å². The van der Waals surface area contributed by atoms with Gasteiger partial charge in [0.15, 0.2) is 0 Å². The van der Waals surface area contributed by atoms with E-state index in [2.05, 4.69) is 19.3 Å². The molecule has 0 bridgehead atoms. The van der Waals surface area contributed by atoms with Crippen molar-refractivity contribution in [3.05, 3.63) is 0 Å². The van der Waals surface area contributed by atoms with Gasteiger partial charge in [0.05, 0.1) is 17.7 Å². The van der Waals surface area contributed by atoms with E-state index in [1.165, 1.54) is 25.7 Å². The maximum atomic E-state index is 6.20. The monoisotopic (exact) mass is 284 g/mol. The third kappa shape index (κ3) is 3.94. The molecule has 2 atom stereocenters. The van der Waals surface area contributed by atoms with Crippen LogP contribution in [0.5, 0.6) is 0 Å². The van der Waals surface area contributed by atoms with Crippen molar-refractivity contribution in [1.29, 1.82) is 0 Å². The summed E-state index contributed by atoms with van der Waals surface area (Å²) in [6, 6.07) is 0.249. The Morgan fingerprint density at radius 1 is 1.35 bits per heavy atom. The van der Waals surface area contributed by atoms with Crippen molar-refractivity contribution in [2.24, 2.45) is 11.8 Å². The van der Waals surface area contributed by atoms with Crippen LogP contribution in [0.1, 0.15) is 65.2 Å². The van der Waals surface area contributed by atoms with Gasteiger partial charge in [0, 0.05) is 13.2 Å². The Labute approximate surface area is 123 Å². The molecular weight excluding hydrogens is 252 g/mol. The lowest BCUT2D eigenvalue weighted by molar-refractivity contribution is -0.0996. The maximum Gasteiger partial charge on any atom is 0.0848 e. The molecule has 2 fully saturated rings. The fourth-order valence-electron chi connectivity index (χ4n) is 3.85. The topological polar surface area (TPSA) is 56.5 Å². The molecule has 3 N–H and O–H groups in total. The number of ether oxygens (including phenoxy) is 2. The Kier molecular flexibility index (Phi) is 6.27. The second kappa shape index (κ2) is 7.74. The van der Waals surface area contributed by atoms with Gasteiger partial charge in [-0.05, 0) is 64.2 Å². The van der Waals surface area contributed by atoms with E-state index < -0.39 is 0 Å². The highest BCUT2D eigenvalue weighted by Crippen LogP contribution is 2.38. The molecule has 20 heavy (non-hydrogen) atoms. The Morgan fingerprint density at radius 2 is 2.10 bits per heavy atom. The van der Waals surface area contributed by atoms with Gasteiger partial charge in [-0.15, -0.1) is 0 Å². The normalized spacial score (nSPS) is 36.1. The van der Waals surface area contributed by atoms with E-state index in [0.29, 0.717) is 6.10 Å². The molecule has 2 rings (SSSR count). The van der Waals surface area contributed by atoms with Crippen molar-refractivity contribution in [2.75, 3.05) is 13.2 Å². The average molecular weight is 284 g/mol. The predicted octanol–water partition coefficient (Wildman–Crippen LogP) is 2.76. The van der Waals surface area contributed by atoms with E-state index in [1.807, 2.05) is 0 Å². The molecule has 0 radical (unpaired) electrons. The SMILES string of the molecule is CCOC1(C(CCC2CCCO2)NN)CCC(C)CC1. The molecule has 2 unspecified atom stereocenters. The Balaban J connectivity index is 1.93. The van der Waals surface area contributed by atoms with Crippen molar-refractivity contribution in [2.45, 2.75) is 83.0 Å². The standard InChI is InChI=1S/C16H32N2O2/c1-3-20-16(10-8-13(2)9-11-16)15(18-17)7-6-14-5-4-12-19-14/h13-15,18H,3-12,17H2,1-2H3. The van der Waals surface area contributed by atoms with Crippen LogP contribution in [0.3, 0.4) is 0 Å². The Hall–Kier alpha value is -0.160. The highest BCUT2D eigenvalue weighted by molar-refractivity contribution is 4.96. The molecule has 4 nitrogen and oxygen atoms in total. The van der Waals surface area contributed by atoms with Gasteiger partial charge >= 0.3 is 0 Å². The number of hydrogen-bond donors (Lipinski definition) is 2. The largest absolute Gasteiger partial charge is 0.378 e. The van der Waals surface area contributed by atoms with Gasteiger partial charge in [-0.1, -0.05) is 6.92 Å². The summed E-state index contributed by atoms with van der Waals surface area (Å²) in [4.78, 5) is 0. The molecule has 0 amide bonds. The van der Waals surface area contributed by atoms with Crippen molar-refractivity contribution in [1.82, 2.24) is 5.43 Å². The van der Waals surface area contributed by atoms with Crippen LogP contribution in [-0.4, -0.2) is 31.0 Å². The maximum absolute atomic E-state index is 6.20. The highest BCUT2D eigenvalue weighted by Gasteiger charge is 2.41. The van der Waals surface area contributed by atoms with Gasteiger partial charge in [0.25, 0.3) is 0 Å². The molecule has 118 valence electrons. The molecule has 0 aromatic heterocycles. The molecule has 0 aromatic rings. The lowest BCUT2D eigenvalue weighted by Crippen LogP contribution is -2.56. The second-order valence-corrected chi connectivity index (χ2v) is 6.61. The first-order valence-electron chi connectivity index (χ1n) is 8.42. The number of nitrogens with one attached hydrogen (secondary N) is 1. The molecule has 1 saturated heterocycles.